The number of carbonyl (C=O) groups excluding carboxylic acids is 1. The number of piperidine rings is 1. The van der Waals surface area contributed by atoms with Gasteiger partial charge in [0, 0.05) is 49.1 Å². The van der Waals surface area contributed by atoms with Crippen LogP contribution in [-0.2, 0) is 20.4 Å². The van der Waals surface area contributed by atoms with Crippen molar-refractivity contribution in [1.82, 2.24) is 18.4 Å². The Hall–Kier alpha value is -2.88. The van der Waals surface area contributed by atoms with Gasteiger partial charge in [-0.1, -0.05) is 48.0 Å². The zero-order valence-corrected chi connectivity index (χ0v) is 25.3. The van der Waals surface area contributed by atoms with Crippen LogP contribution in [0.15, 0.2) is 54.7 Å². The molecule has 1 saturated carbocycles. The number of halogens is 1. The predicted molar refractivity (Wildman–Crippen MR) is 157 cm³/mol. The highest BCUT2D eigenvalue weighted by atomic mass is 35.5. The van der Waals surface area contributed by atoms with Crippen LogP contribution in [0.3, 0.4) is 0 Å². The first kappa shape index (κ1) is 28.6. The fraction of sp³-hybridized carbons (Fsp3) is 0.467. The van der Waals surface area contributed by atoms with Crippen LogP contribution in [0.1, 0.15) is 69.2 Å². The Morgan fingerprint density at radius 1 is 1.00 bits per heavy atom. The number of nitrogens with zero attached hydrogens (tertiary/aromatic N) is 4. The fourth-order valence-corrected chi connectivity index (χ4v) is 6.61. The average Bonchev–Trinajstić information content (AvgIpc) is 3.65. The Kier molecular flexibility index (Phi) is 7.52. The summed E-state index contributed by atoms with van der Waals surface area (Å²) in [4.78, 5) is 14.6. The molecule has 1 aromatic heterocycles. The monoisotopic (exact) mass is 584 g/mol. The van der Waals surface area contributed by atoms with Crippen LogP contribution in [-0.4, -0.2) is 65.7 Å². The third kappa shape index (κ3) is 5.51. The standard InChI is InChI=1S/C30H37ClN4O4S/c1-29(2,3)39-28(36)34-18-16-30(17-19-34,24-12-14-25(31)15-13-24)23-10-8-21(9-11-23)26-20-32-35(27(26)22-6-7-22)40(37,38)33(4)5/h8-15,20,22H,6-7,16-19H2,1-5H3. The molecule has 0 atom stereocenters. The summed E-state index contributed by atoms with van der Waals surface area (Å²) in [6.07, 6.45) is 4.75. The van der Waals surface area contributed by atoms with E-state index < -0.39 is 15.8 Å². The Labute approximate surface area is 242 Å². The summed E-state index contributed by atoms with van der Waals surface area (Å²) in [5, 5.41) is 4.98. The van der Waals surface area contributed by atoms with Gasteiger partial charge in [-0.15, -0.1) is 4.09 Å². The minimum absolute atomic E-state index is 0.185. The van der Waals surface area contributed by atoms with Crippen molar-refractivity contribution < 1.29 is 17.9 Å². The zero-order valence-electron chi connectivity index (χ0n) is 23.7. The number of carbonyl (C=O) groups is 1. The van der Waals surface area contributed by atoms with E-state index in [-0.39, 0.29) is 17.4 Å². The molecule has 2 aliphatic rings. The van der Waals surface area contributed by atoms with E-state index in [9.17, 15) is 13.2 Å². The van der Waals surface area contributed by atoms with Crippen molar-refractivity contribution in [3.8, 4) is 11.1 Å². The number of ether oxygens (including phenoxy) is 1. The summed E-state index contributed by atoms with van der Waals surface area (Å²) < 4.78 is 33.9. The first-order valence-corrected chi connectivity index (χ1v) is 15.5. The van der Waals surface area contributed by atoms with E-state index in [0.717, 1.165) is 53.6 Å². The van der Waals surface area contributed by atoms with Gasteiger partial charge >= 0.3 is 16.3 Å². The van der Waals surface area contributed by atoms with Crippen LogP contribution in [0.5, 0.6) is 0 Å². The SMILES string of the molecule is CN(C)S(=O)(=O)n1ncc(-c2ccc(C3(c4ccc(Cl)cc4)CCN(C(=O)OC(C)(C)C)CC3)cc2)c1C1CC1. The molecule has 2 aromatic carbocycles. The van der Waals surface area contributed by atoms with Gasteiger partial charge in [-0.05, 0) is 75.3 Å². The molecule has 5 rings (SSSR count). The van der Waals surface area contributed by atoms with Gasteiger partial charge in [0.05, 0.1) is 11.9 Å². The number of likely N-dealkylation sites (tertiary alicyclic amines) is 1. The van der Waals surface area contributed by atoms with Gasteiger partial charge in [-0.3, -0.25) is 0 Å². The van der Waals surface area contributed by atoms with Crippen LogP contribution in [0, 0.1) is 0 Å². The lowest BCUT2D eigenvalue weighted by Gasteiger charge is -2.43. The number of aromatic nitrogens is 2. The lowest BCUT2D eigenvalue weighted by molar-refractivity contribution is 0.0180. The van der Waals surface area contributed by atoms with E-state index in [0.29, 0.717) is 18.1 Å². The lowest BCUT2D eigenvalue weighted by atomic mass is 9.68. The number of amides is 1. The first-order chi connectivity index (χ1) is 18.8. The summed E-state index contributed by atoms with van der Waals surface area (Å²) in [5.41, 5.74) is 3.97. The third-order valence-electron chi connectivity index (χ3n) is 7.83. The maximum absolute atomic E-state index is 12.9. The van der Waals surface area contributed by atoms with E-state index >= 15 is 0 Å². The van der Waals surface area contributed by atoms with E-state index in [1.165, 1.54) is 22.5 Å². The van der Waals surface area contributed by atoms with Crippen molar-refractivity contribution >= 4 is 27.9 Å². The van der Waals surface area contributed by atoms with Crippen molar-refractivity contribution in [2.75, 3.05) is 27.2 Å². The first-order valence-electron chi connectivity index (χ1n) is 13.7. The second-order valence-electron chi connectivity index (χ2n) is 12.0. The van der Waals surface area contributed by atoms with Crippen LogP contribution < -0.4 is 0 Å². The summed E-state index contributed by atoms with van der Waals surface area (Å²) in [5.74, 6) is 0.185. The molecular weight excluding hydrogens is 548 g/mol. The van der Waals surface area contributed by atoms with Crippen molar-refractivity contribution in [3.05, 3.63) is 76.6 Å². The van der Waals surface area contributed by atoms with Crippen LogP contribution in [0.2, 0.25) is 5.02 Å². The molecule has 2 fully saturated rings. The van der Waals surface area contributed by atoms with Gasteiger partial charge < -0.3 is 9.64 Å². The smallest absolute Gasteiger partial charge is 0.410 e. The van der Waals surface area contributed by atoms with E-state index in [2.05, 4.69) is 41.5 Å². The molecule has 214 valence electrons. The Morgan fingerprint density at radius 2 is 1.55 bits per heavy atom. The van der Waals surface area contributed by atoms with E-state index in [1.54, 1.807) is 11.1 Å². The van der Waals surface area contributed by atoms with Crippen molar-refractivity contribution in [2.24, 2.45) is 0 Å². The van der Waals surface area contributed by atoms with Gasteiger partial charge in [-0.25, -0.2) is 4.79 Å². The minimum Gasteiger partial charge on any atom is -0.444 e. The number of benzene rings is 2. The summed E-state index contributed by atoms with van der Waals surface area (Å²) >= 11 is 6.23. The lowest BCUT2D eigenvalue weighted by Crippen LogP contribution is -2.47. The molecule has 0 bridgehead atoms. The molecular formula is C30H37ClN4O4S. The largest absolute Gasteiger partial charge is 0.444 e. The molecule has 10 heteroatoms. The molecule has 0 spiro atoms. The van der Waals surface area contributed by atoms with Crippen LogP contribution >= 0.6 is 11.6 Å². The molecule has 2 heterocycles. The number of hydrogen-bond donors (Lipinski definition) is 0. The second-order valence-corrected chi connectivity index (χ2v) is 14.4. The highest BCUT2D eigenvalue weighted by Crippen LogP contribution is 2.46. The van der Waals surface area contributed by atoms with Crippen molar-refractivity contribution in [2.45, 2.75) is 63.4 Å². The number of rotatable bonds is 6. The van der Waals surface area contributed by atoms with E-state index in [4.69, 9.17) is 16.3 Å². The quantitative estimate of drug-likeness (QED) is 0.352. The maximum Gasteiger partial charge on any atom is 0.410 e. The minimum atomic E-state index is -3.71. The maximum atomic E-state index is 12.9. The van der Waals surface area contributed by atoms with Gasteiger partial charge in [0.2, 0.25) is 0 Å². The fourth-order valence-electron chi connectivity index (χ4n) is 5.51. The Balaban J connectivity index is 1.48. The van der Waals surface area contributed by atoms with Gasteiger partial charge in [0.25, 0.3) is 0 Å². The molecule has 0 N–H and O–H groups in total. The van der Waals surface area contributed by atoms with Gasteiger partial charge in [-0.2, -0.15) is 17.8 Å². The predicted octanol–water partition coefficient (Wildman–Crippen LogP) is 6.05. The third-order valence-corrected chi connectivity index (χ3v) is 9.73. The summed E-state index contributed by atoms with van der Waals surface area (Å²) in [7, 11) is -0.672. The van der Waals surface area contributed by atoms with Crippen LogP contribution in [0.4, 0.5) is 4.79 Å². The zero-order chi connectivity index (χ0) is 28.9. The molecule has 40 heavy (non-hydrogen) atoms. The highest BCUT2D eigenvalue weighted by Gasteiger charge is 2.40. The topological polar surface area (TPSA) is 84.7 Å². The second kappa shape index (κ2) is 10.5. The summed E-state index contributed by atoms with van der Waals surface area (Å²) in [6, 6.07) is 16.3. The molecule has 1 saturated heterocycles. The molecule has 1 aliphatic heterocycles. The normalized spacial score (nSPS) is 17.7. The van der Waals surface area contributed by atoms with Crippen LogP contribution in [0.25, 0.3) is 11.1 Å². The molecule has 0 unspecified atom stereocenters. The van der Waals surface area contributed by atoms with Gasteiger partial charge in [0.15, 0.2) is 0 Å². The average molecular weight is 585 g/mol. The molecule has 1 aliphatic carbocycles. The summed E-state index contributed by atoms with van der Waals surface area (Å²) in [6.45, 7) is 6.77. The van der Waals surface area contributed by atoms with E-state index in [1.807, 2.05) is 32.9 Å². The molecule has 8 nitrogen and oxygen atoms in total. The molecule has 0 radical (unpaired) electrons. The molecule has 3 aromatic rings. The number of hydrogen-bond acceptors (Lipinski definition) is 5. The Bertz CT molecular complexity index is 1480. The van der Waals surface area contributed by atoms with Crippen molar-refractivity contribution in [3.63, 3.8) is 0 Å². The molecule has 1 amide bonds. The Morgan fingerprint density at radius 3 is 2.05 bits per heavy atom. The van der Waals surface area contributed by atoms with Crippen molar-refractivity contribution in [1.29, 1.82) is 0 Å². The highest BCUT2D eigenvalue weighted by molar-refractivity contribution is 7.87. The van der Waals surface area contributed by atoms with Gasteiger partial charge in [0.1, 0.15) is 5.60 Å².